The number of aryl methyl sites for hydroxylation is 5. The molecule has 27 nitrogen and oxygen atoms in total. The molecule has 0 spiro atoms. The summed E-state index contributed by atoms with van der Waals surface area (Å²) in [7, 11) is 2.89. The van der Waals surface area contributed by atoms with Gasteiger partial charge in [0.25, 0.3) is 0 Å². The Morgan fingerprint density at radius 2 is 0.602 bits per heavy atom. The smallest absolute Gasteiger partial charge is 0.137 e. The lowest BCUT2D eigenvalue weighted by Crippen LogP contribution is -2.55. The first-order valence-electron chi connectivity index (χ1n) is 39.2. The van der Waals surface area contributed by atoms with Gasteiger partial charge in [-0.05, 0) is 178 Å². The summed E-state index contributed by atoms with van der Waals surface area (Å²) in [5.41, 5.74) is 15.9. The van der Waals surface area contributed by atoms with Gasteiger partial charge in [-0.15, -0.1) is 0 Å². The molecule has 628 valence electrons. The summed E-state index contributed by atoms with van der Waals surface area (Å²) in [6.45, 7) is 8.06. The highest BCUT2D eigenvalue weighted by Crippen LogP contribution is 2.43. The van der Waals surface area contributed by atoms with E-state index in [1.807, 2.05) is 91.0 Å². The number of methoxy groups -OCH3 is 2. The molecule has 4 fully saturated rings. The number of nitriles is 4. The number of hydrogen-bond donors (Lipinski definition) is 17. The third-order valence-electron chi connectivity index (χ3n) is 22.2. The Kier molecular flexibility index (Phi) is 33.5. The van der Waals surface area contributed by atoms with Crippen LogP contribution in [0.1, 0.15) is 169 Å². The molecule has 4 aliphatic heterocycles. The number of hydrogen-bond acceptors (Lipinski definition) is 27. The number of phenolic OH excluding ortho intramolecular Hbond substituents is 1. The van der Waals surface area contributed by atoms with Crippen LogP contribution in [0.5, 0.6) is 17.2 Å². The fraction of sp³-hybridized carbons (Fsp3) is 0.429. The number of rotatable bonds is 22. The Labute approximate surface area is 685 Å². The van der Waals surface area contributed by atoms with Crippen LogP contribution < -0.4 is 9.47 Å². The first kappa shape index (κ1) is 92.2. The molecule has 12 rings (SSSR count). The molecule has 4 aliphatic rings. The van der Waals surface area contributed by atoms with E-state index >= 15 is 0 Å². The maximum atomic E-state index is 10.5. The van der Waals surface area contributed by atoms with Gasteiger partial charge in [-0.2, -0.15) is 21.0 Å². The van der Waals surface area contributed by atoms with Gasteiger partial charge in [-0.25, -0.2) is 0 Å². The maximum absolute atomic E-state index is 10.5. The second kappa shape index (κ2) is 42.8. The van der Waals surface area contributed by atoms with E-state index < -0.39 is 149 Å². The van der Waals surface area contributed by atoms with E-state index in [1.165, 1.54) is 42.5 Å². The monoisotopic (exact) mass is 1620 g/mol. The number of aliphatic hydroxyl groups is 16. The number of benzene rings is 8. The largest absolute Gasteiger partial charge is 0.508 e. The quantitative estimate of drug-likeness (QED) is 0.0427. The van der Waals surface area contributed by atoms with Crippen molar-refractivity contribution in [2.45, 2.75) is 208 Å². The lowest BCUT2D eigenvalue weighted by molar-refractivity contribution is -0.232. The van der Waals surface area contributed by atoms with Crippen LogP contribution in [0.25, 0.3) is 0 Å². The number of phenols is 1. The van der Waals surface area contributed by atoms with Crippen molar-refractivity contribution in [2.75, 3.05) is 40.6 Å². The van der Waals surface area contributed by atoms with Gasteiger partial charge in [0.1, 0.15) is 145 Å². The predicted octanol–water partition coefficient (Wildman–Crippen LogP) is 4.94. The third kappa shape index (κ3) is 21.5. The second-order valence-corrected chi connectivity index (χ2v) is 29.8. The van der Waals surface area contributed by atoms with Gasteiger partial charge in [0.2, 0.25) is 0 Å². The average molecular weight is 1620 g/mol. The van der Waals surface area contributed by atoms with Crippen LogP contribution in [0, 0.1) is 52.2 Å². The normalized spacial score (nSPS) is 26.5. The molecule has 0 bridgehead atoms. The number of aromatic hydroxyl groups is 1. The average Bonchev–Trinajstić information content (AvgIpc) is 0.790. The summed E-state index contributed by atoms with van der Waals surface area (Å²) < 4.78 is 33.4. The molecular weight excluding hydrogens is 1520 g/mol. The number of nitrogens with zero attached hydrogens (tertiary/aromatic N) is 4. The minimum absolute atomic E-state index is 0.182. The van der Waals surface area contributed by atoms with Crippen molar-refractivity contribution >= 4 is 0 Å². The van der Waals surface area contributed by atoms with Crippen LogP contribution in [0.15, 0.2) is 146 Å². The van der Waals surface area contributed by atoms with E-state index in [-0.39, 0.29) is 16.9 Å². The minimum Gasteiger partial charge on any atom is -0.508 e. The molecule has 4 saturated heterocycles. The van der Waals surface area contributed by atoms with Gasteiger partial charge in [-0.3, -0.25) is 0 Å². The molecule has 0 unspecified atom stereocenters. The fourth-order valence-corrected chi connectivity index (χ4v) is 14.9. The second-order valence-electron chi connectivity index (χ2n) is 29.8. The molecule has 0 aliphatic carbocycles. The van der Waals surface area contributed by atoms with Gasteiger partial charge in [0.05, 0.1) is 81.1 Å². The molecule has 0 radical (unpaired) electrons. The van der Waals surface area contributed by atoms with E-state index in [0.29, 0.717) is 81.7 Å². The van der Waals surface area contributed by atoms with Crippen molar-refractivity contribution in [3.8, 4) is 41.5 Å². The first-order valence-corrected chi connectivity index (χ1v) is 39.2. The Hall–Kier alpha value is -9.68. The van der Waals surface area contributed by atoms with E-state index in [0.717, 1.165) is 64.6 Å². The fourth-order valence-electron chi connectivity index (χ4n) is 14.9. The predicted molar refractivity (Wildman–Crippen MR) is 430 cm³/mol. The highest BCUT2D eigenvalue weighted by molar-refractivity contribution is 5.56. The molecule has 20 atom stereocenters. The lowest BCUT2D eigenvalue weighted by Gasteiger charge is -2.40. The van der Waals surface area contributed by atoms with Crippen LogP contribution in [-0.2, 0) is 70.3 Å². The van der Waals surface area contributed by atoms with Gasteiger partial charge in [0, 0.05) is 11.1 Å². The van der Waals surface area contributed by atoms with Crippen molar-refractivity contribution in [3.05, 3.63) is 262 Å². The summed E-state index contributed by atoms with van der Waals surface area (Å²) in [5, 5.41) is 209. The molecule has 8 aromatic carbocycles. The van der Waals surface area contributed by atoms with Crippen LogP contribution in [0.2, 0.25) is 0 Å². The Morgan fingerprint density at radius 1 is 0.314 bits per heavy atom. The molecule has 8 aromatic rings. The summed E-state index contributed by atoms with van der Waals surface area (Å²) in [6.07, 6.45) is -20.0. The zero-order valence-electron chi connectivity index (χ0n) is 66.7. The first-order chi connectivity index (χ1) is 56.6. The zero-order valence-corrected chi connectivity index (χ0v) is 66.7. The van der Waals surface area contributed by atoms with Crippen molar-refractivity contribution in [3.63, 3.8) is 0 Å². The summed E-state index contributed by atoms with van der Waals surface area (Å²) in [4.78, 5) is 0. The zero-order chi connectivity index (χ0) is 85.9. The molecule has 17 N–H and O–H groups in total. The minimum atomic E-state index is -1.55. The molecule has 0 aromatic heterocycles. The molecular formula is C91H106N4O23. The van der Waals surface area contributed by atoms with Crippen LogP contribution in [-0.4, -0.2) is 225 Å². The maximum Gasteiger partial charge on any atom is 0.137 e. The summed E-state index contributed by atoms with van der Waals surface area (Å²) >= 11 is 0. The standard InChI is InChI=1S/2C23H27NO6.C23H27NO5.C22H25NO6/c1-3-13-4-6-14(7-5-13)8-15-9-17(18(29-2)10-16(15)11-24)23-22(28)21(27)20(26)19(12-25)30-23;1-3-13-4-6-14(7-5-13)8-15-9-16(10-18(29-2)17(15)11-24)23-22(28)21(27)20(26)19(12-25)30-23;1-3-14-4-6-15(7-5-14)9-16-10-18(13(2)8-17(16)11-24)23-22(28)21(27)20(26)19(12-25)29-23;1-2-12-3-5-13(6-4-12)7-14-8-16(17(25)9-15(14)10-23)22-21(28)20(27)19(26)18(11-24)29-22/h2*4-7,9-10,19-23,25-28H,3,8,12H2,1-2H3;4-8,10,19-23,25-28H,3,9,12H2,1-2H3;3-6,8-9,18-22,24-28H,2,7,11H2,1H3/t3*19-,20-,21+,22-,23+;18-,19-,20+,21-,22+/m1111/s1. The Balaban J connectivity index is 0.000000179. The van der Waals surface area contributed by atoms with E-state index in [4.69, 9.17) is 28.4 Å². The van der Waals surface area contributed by atoms with Crippen molar-refractivity contribution in [1.29, 1.82) is 21.0 Å². The van der Waals surface area contributed by atoms with Gasteiger partial charge in [-0.1, -0.05) is 137 Å². The van der Waals surface area contributed by atoms with Crippen LogP contribution in [0.3, 0.4) is 0 Å². The van der Waals surface area contributed by atoms with Gasteiger partial charge < -0.3 is 115 Å². The SMILES string of the molecule is CCc1ccc(Cc2cc([C@@H]3O[C@H](CO)[C@@H](O)[C@H](O)[C@H]3O)c(C)cc2C#N)cc1.CCc1ccc(Cc2cc([C@@H]3O[C@H](CO)[C@@H](O)[C@H](O)[C@H]3O)c(O)cc2C#N)cc1.CCc1ccc(Cc2cc([C@@H]3O[C@H](CO)[C@@H](O)[C@H](O)[C@H]3O)c(OC)cc2C#N)cc1.CCc1ccc(Cc2cc([C@@H]3O[C@H](CO)[C@@H](O)[C@H](O)[C@H]3O)cc(OC)c2C#N)cc1. The van der Waals surface area contributed by atoms with E-state index in [2.05, 4.69) is 64.1 Å². The number of ether oxygens (including phenoxy) is 6. The highest BCUT2D eigenvalue weighted by Gasteiger charge is 2.49. The highest BCUT2D eigenvalue weighted by atomic mass is 16.6. The van der Waals surface area contributed by atoms with Crippen molar-refractivity contribution in [2.24, 2.45) is 0 Å². The molecule has 0 saturated carbocycles. The molecule has 4 heterocycles. The van der Waals surface area contributed by atoms with E-state index in [1.54, 1.807) is 43.3 Å². The molecule has 118 heavy (non-hydrogen) atoms. The van der Waals surface area contributed by atoms with Crippen molar-refractivity contribution in [1.82, 2.24) is 0 Å². The number of aliphatic hydroxyl groups excluding tert-OH is 16. The third-order valence-corrected chi connectivity index (χ3v) is 22.2. The van der Waals surface area contributed by atoms with Crippen LogP contribution in [0.4, 0.5) is 0 Å². The van der Waals surface area contributed by atoms with Gasteiger partial charge >= 0.3 is 0 Å². The lowest BCUT2D eigenvalue weighted by atomic mass is 9.86. The Morgan fingerprint density at radius 3 is 0.932 bits per heavy atom. The van der Waals surface area contributed by atoms with Crippen LogP contribution >= 0.6 is 0 Å². The van der Waals surface area contributed by atoms with Gasteiger partial charge in [0.15, 0.2) is 0 Å². The molecule has 27 heteroatoms. The molecule has 0 amide bonds. The summed E-state index contributed by atoms with van der Waals surface area (Å²) in [5.74, 6) is 0.379. The summed E-state index contributed by atoms with van der Waals surface area (Å²) in [6, 6.07) is 54.1. The Bertz CT molecular complexity index is 4640. The van der Waals surface area contributed by atoms with E-state index in [9.17, 15) is 108 Å². The topological polar surface area (TPSA) is 494 Å². The van der Waals surface area contributed by atoms with Crippen molar-refractivity contribution < 1.29 is 115 Å².